The van der Waals surface area contributed by atoms with Crippen molar-refractivity contribution in [3.63, 3.8) is 0 Å². The number of fused-ring (bicyclic) bond motifs is 3. The molecule has 2 heterocycles. The van der Waals surface area contributed by atoms with E-state index in [1.807, 2.05) is 36.4 Å². The van der Waals surface area contributed by atoms with E-state index < -0.39 is 0 Å². The zero-order chi connectivity index (χ0) is 40.5. The number of hydrogen-bond acceptors (Lipinski definition) is 3. The largest absolute Gasteiger partial charge is 0.456 e. The van der Waals surface area contributed by atoms with Crippen molar-refractivity contribution in [1.29, 1.82) is 0 Å². The highest BCUT2D eigenvalue weighted by Crippen LogP contribution is 2.45. The number of benzene rings is 9. The molecule has 3 heteroatoms. The molecule has 2 aromatic heterocycles. The zero-order valence-corrected chi connectivity index (χ0v) is 33.2. The summed E-state index contributed by atoms with van der Waals surface area (Å²) in [7, 11) is 0. The molecule has 0 N–H and O–H groups in total. The number of furan rings is 1. The maximum absolute atomic E-state index is 6.29. The van der Waals surface area contributed by atoms with E-state index >= 15 is 0 Å². The van der Waals surface area contributed by atoms with Crippen LogP contribution in [0.15, 0.2) is 235 Å². The summed E-state index contributed by atoms with van der Waals surface area (Å²) in [4.78, 5) is 10.4. The summed E-state index contributed by atoms with van der Waals surface area (Å²) in [6, 6.07) is 81.3. The molecule has 0 aliphatic heterocycles. The number of rotatable bonds is 8. The first kappa shape index (κ1) is 36.0. The van der Waals surface area contributed by atoms with Crippen LogP contribution < -0.4 is 0 Å². The molecule has 0 spiro atoms. The Labute approximate surface area is 354 Å². The van der Waals surface area contributed by atoms with Crippen molar-refractivity contribution in [2.24, 2.45) is 0 Å². The van der Waals surface area contributed by atoms with Gasteiger partial charge in [0.2, 0.25) is 0 Å². The minimum absolute atomic E-state index is 0.686. The van der Waals surface area contributed by atoms with E-state index in [1.165, 1.54) is 11.1 Å². The summed E-state index contributed by atoms with van der Waals surface area (Å²) in [6.07, 6.45) is 0. The minimum atomic E-state index is 0.686. The Bertz CT molecular complexity index is 3320. The van der Waals surface area contributed by atoms with Crippen LogP contribution in [0.1, 0.15) is 0 Å². The van der Waals surface area contributed by atoms with Gasteiger partial charge < -0.3 is 4.42 Å². The van der Waals surface area contributed by atoms with Gasteiger partial charge in [0.15, 0.2) is 5.82 Å². The summed E-state index contributed by atoms with van der Waals surface area (Å²) >= 11 is 0. The summed E-state index contributed by atoms with van der Waals surface area (Å²) in [6.45, 7) is 0. The van der Waals surface area contributed by atoms with Gasteiger partial charge >= 0.3 is 0 Å². The first-order chi connectivity index (χ1) is 30.2. The molecule has 286 valence electrons. The molecule has 9 aromatic carbocycles. The molecular weight excluding hydrogens is 741 g/mol. The maximum Gasteiger partial charge on any atom is 0.160 e. The van der Waals surface area contributed by atoms with Crippen LogP contribution in [0.5, 0.6) is 0 Å². The maximum atomic E-state index is 6.29. The first-order valence-corrected chi connectivity index (χ1v) is 20.6. The third kappa shape index (κ3) is 6.98. The molecule has 61 heavy (non-hydrogen) atoms. The number of hydrogen-bond donors (Lipinski definition) is 0. The molecule has 0 radical (unpaired) electrons. The average Bonchev–Trinajstić information content (AvgIpc) is 3.73. The molecule has 0 saturated heterocycles. The van der Waals surface area contributed by atoms with Gasteiger partial charge in [0.25, 0.3) is 0 Å². The summed E-state index contributed by atoms with van der Waals surface area (Å²) in [5, 5.41) is 2.21. The molecular formula is C58H38N2O. The lowest BCUT2D eigenvalue weighted by molar-refractivity contribution is 0.669. The Morgan fingerprint density at radius 1 is 0.262 bits per heavy atom. The van der Waals surface area contributed by atoms with Crippen LogP contribution in [-0.2, 0) is 0 Å². The predicted octanol–water partition coefficient (Wildman–Crippen LogP) is 15.7. The quantitative estimate of drug-likeness (QED) is 0.154. The fourth-order valence-corrected chi connectivity index (χ4v) is 8.47. The second kappa shape index (κ2) is 15.6. The van der Waals surface area contributed by atoms with Crippen LogP contribution in [0.2, 0.25) is 0 Å². The van der Waals surface area contributed by atoms with Gasteiger partial charge in [-0.25, -0.2) is 9.97 Å². The number of para-hydroxylation sites is 1. The van der Waals surface area contributed by atoms with E-state index in [2.05, 4.69) is 194 Å². The molecule has 0 bridgehead atoms. The summed E-state index contributed by atoms with van der Waals surface area (Å²) in [5.74, 6) is 0.686. The normalized spacial score (nSPS) is 11.3. The fraction of sp³-hybridized carbons (Fsp3) is 0. The molecule has 3 nitrogen and oxygen atoms in total. The summed E-state index contributed by atoms with van der Waals surface area (Å²) < 4.78 is 6.29. The van der Waals surface area contributed by atoms with Crippen LogP contribution in [0.25, 0.3) is 111 Å². The molecule has 11 rings (SSSR count). The van der Waals surface area contributed by atoms with Crippen LogP contribution >= 0.6 is 0 Å². The average molecular weight is 779 g/mol. The van der Waals surface area contributed by atoms with Crippen molar-refractivity contribution in [2.75, 3.05) is 0 Å². The lowest BCUT2D eigenvalue weighted by Crippen LogP contribution is -1.97. The van der Waals surface area contributed by atoms with Gasteiger partial charge in [0, 0.05) is 27.5 Å². The first-order valence-electron chi connectivity index (χ1n) is 20.6. The van der Waals surface area contributed by atoms with Crippen LogP contribution in [0.3, 0.4) is 0 Å². The van der Waals surface area contributed by atoms with E-state index in [1.54, 1.807) is 0 Å². The van der Waals surface area contributed by atoms with Gasteiger partial charge in [-0.1, -0.05) is 188 Å². The third-order valence-electron chi connectivity index (χ3n) is 11.5. The Morgan fingerprint density at radius 3 is 1.39 bits per heavy atom. The molecule has 0 saturated carbocycles. The van der Waals surface area contributed by atoms with Gasteiger partial charge in [-0.2, -0.15) is 0 Å². The van der Waals surface area contributed by atoms with Crippen molar-refractivity contribution in [3.8, 4) is 89.5 Å². The van der Waals surface area contributed by atoms with E-state index in [0.717, 1.165) is 94.5 Å². The van der Waals surface area contributed by atoms with Crippen molar-refractivity contribution in [3.05, 3.63) is 231 Å². The SMILES string of the molecule is c1ccc(-c2ccc(-c3cc(-c4cccc(-c5cc(-c6ccccc6)cc(-c6ccc7oc8ccccc8c7c6)c5-c5ccccc5)c4)nc(-c4ccccc4)n3)cc2)cc1. The minimum Gasteiger partial charge on any atom is -0.456 e. The lowest BCUT2D eigenvalue weighted by atomic mass is 9.84. The van der Waals surface area contributed by atoms with Crippen molar-refractivity contribution in [1.82, 2.24) is 9.97 Å². The van der Waals surface area contributed by atoms with Crippen molar-refractivity contribution >= 4 is 21.9 Å². The van der Waals surface area contributed by atoms with E-state index in [4.69, 9.17) is 14.4 Å². The topological polar surface area (TPSA) is 38.9 Å². The van der Waals surface area contributed by atoms with Crippen molar-refractivity contribution < 1.29 is 4.42 Å². The van der Waals surface area contributed by atoms with E-state index in [0.29, 0.717) is 5.82 Å². The highest BCUT2D eigenvalue weighted by atomic mass is 16.3. The van der Waals surface area contributed by atoms with Gasteiger partial charge in [-0.15, -0.1) is 0 Å². The highest BCUT2D eigenvalue weighted by Gasteiger charge is 2.20. The fourth-order valence-electron chi connectivity index (χ4n) is 8.47. The third-order valence-corrected chi connectivity index (χ3v) is 11.5. The van der Waals surface area contributed by atoms with Gasteiger partial charge in [0.05, 0.1) is 11.4 Å². The Morgan fingerprint density at radius 2 is 0.721 bits per heavy atom. The Hall–Kier alpha value is -8.14. The highest BCUT2D eigenvalue weighted by molar-refractivity contribution is 6.08. The van der Waals surface area contributed by atoms with Gasteiger partial charge in [0.1, 0.15) is 11.2 Å². The van der Waals surface area contributed by atoms with Gasteiger partial charge in [-0.3, -0.25) is 0 Å². The molecule has 11 aromatic rings. The van der Waals surface area contributed by atoms with Crippen LogP contribution in [-0.4, -0.2) is 9.97 Å². The molecule has 0 aliphatic rings. The van der Waals surface area contributed by atoms with Crippen LogP contribution in [0.4, 0.5) is 0 Å². The number of aromatic nitrogens is 2. The molecule has 0 fully saturated rings. The van der Waals surface area contributed by atoms with Gasteiger partial charge in [-0.05, 0) is 98.1 Å². The molecule has 0 aliphatic carbocycles. The second-order valence-corrected chi connectivity index (χ2v) is 15.3. The molecule has 0 unspecified atom stereocenters. The molecule has 0 amide bonds. The van der Waals surface area contributed by atoms with Crippen LogP contribution in [0, 0.1) is 0 Å². The predicted molar refractivity (Wildman–Crippen MR) is 253 cm³/mol. The second-order valence-electron chi connectivity index (χ2n) is 15.3. The van der Waals surface area contributed by atoms with Crippen molar-refractivity contribution in [2.45, 2.75) is 0 Å². The lowest BCUT2D eigenvalue weighted by Gasteiger charge is -2.20. The standard InChI is InChI=1S/C58H38N2O/c1-5-16-39(17-6-1)41-28-30-42(31-29-41)53-38-54(60-58(59-53)44-22-11-4-12-23-44)47-25-15-24-45(34-47)50-36-48(40-18-7-2-8-19-40)37-51(57(50)43-20-9-3-10-21-43)46-32-33-56-52(35-46)49-26-13-14-27-55(49)61-56/h1-38H. The summed E-state index contributed by atoms with van der Waals surface area (Å²) in [5.41, 5.74) is 18.0. The Kier molecular flexibility index (Phi) is 9.18. The molecule has 0 atom stereocenters. The Balaban J connectivity index is 1.11. The number of nitrogens with zero attached hydrogens (tertiary/aromatic N) is 2. The monoisotopic (exact) mass is 778 g/mol. The van der Waals surface area contributed by atoms with E-state index in [9.17, 15) is 0 Å². The smallest absolute Gasteiger partial charge is 0.160 e. The van der Waals surface area contributed by atoms with E-state index in [-0.39, 0.29) is 0 Å². The zero-order valence-electron chi connectivity index (χ0n) is 33.2.